The smallest absolute Gasteiger partial charge is 0.331 e. The van der Waals surface area contributed by atoms with Crippen LogP contribution in [0.1, 0.15) is 20.8 Å². The molecule has 0 atom stereocenters. The second kappa shape index (κ2) is 4.55. The highest BCUT2D eigenvalue weighted by Gasteiger charge is 2.53. The molecule has 0 spiro atoms. The Morgan fingerprint density at radius 2 is 1.88 bits per heavy atom. The summed E-state index contributed by atoms with van der Waals surface area (Å²) in [5, 5.41) is 3.29. The van der Waals surface area contributed by atoms with Crippen LogP contribution in [0.3, 0.4) is 0 Å². The molecule has 2 rings (SSSR count). The van der Waals surface area contributed by atoms with Gasteiger partial charge in [0, 0.05) is 26.2 Å². The summed E-state index contributed by atoms with van der Waals surface area (Å²) in [5.74, 6) is -0.141. The number of hydrogen-bond acceptors (Lipinski definition) is 5. The van der Waals surface area contributed by atoms with E-state index in [4.69, 9.17) is 9.47 Å². The first-order valence-corrected chi connectivity index (χ1v) is 6.21. The first-order chi connectivity index (χ1) is 7.94. The predicted molar refractivity (Wildman–Crippen MR) is 63.8 cm³/mol. The maximum absolute atomic E-state index is 12.3. The lowest BCUT2D eigenvalue weighted by molar-refractivity contribution is -0.203. The minimum Gasteiger partial charge on any atom is -0.458 e. The van der Waals surface area contributed by atoms with Crippen molar-refractivity contribution in [2.24, 2.45) is 0 Å². The minimum atomic E-state index is -0.532. The van der Waals surface area contributed by atoms with Gasteiger partial charge < -0.3 is 14.8 Å². The quantitative estimate of drug-likeness (QED) is 0.691. The molecule has 0 radical (unpaired) electrons. The SMILES string of the molecule is CC(C)(C)OC(=O)C1(N2CCNCC2)COC1. The molecule has 0 aromatic carbocycles. The molecule has 5 nitrogen and oxygen atoms in total. The van der Waals surface area contributed by atoms with Gasteiger partial charge in [0.2, 0.25) is 0 Å². The van der Waals surface area contributed by atoms with Crippen molar-refractivity contribution in [1.29, 1.82) is 0 Å². The monoisotopic (exact) mass is 242 g/mol. The summed E-state index contributed by atoms with van der Waals surface area (Å²) >= 11 is 0. The average Bonchev–Trinajstić information content (AvgIpc) is 2.14. The van der Waals surface area contributed by atoms with Crippen LogP contribution in [0.25, 0.3) is 0 Å². The molecule has 0 bridgehead atoms. The van der Waals surface area contributed by atoms with E-state index in [-0.39, 0.29) is 5.97 Å². The maximum Gasteiger partial charge on any atom is 0.331 e. The molecule has 0 amide bonds. The standard InChI is InChI=1S/C12H22N2O3/c1-11(2,3)17-10(15)12(8-16-9-12)14-6-4-13-5-7-14/h13H,4-9H2,1-3H3. The summed E-state index contributed by atoms with van der Waals surface area (Å²) in [4.78, 5) is 14.5. The van der Waals surface area contributed by atoms with Gasteiger partial charge in [-0.25, -0.2) is 4.79 Å². The van der Waals surface area contributed by atoms with E-state index in [0.717, 1.165) is 26.2 Å². The van der Waals surface area contributed by atoms with Gasteiger partial charge in [-0.3, -0.25) is 4.90 Å². The van der Waals surface area contributed by atoms with E-state index in [1.54, 1.807) is 0 Å². The molecule has 98 valence electrons. The Kier molecular flexibility index (Phi) is 3.43. The molecule has 0 unspecified atom stereocenters. The Morgan fingerprint density at radius 1 is 1.29 bits per heavy atom. The number of carbonyl (C=O) groups excluding carboxylic acids is 1. The highest BCUT2D eigenvalue weighted by molar-refractivity contribution is 5.82. The largest absolute Gasteiger partial charge is 0.458 e. The van der Waals surface area contributed by atoms with Gasteiger partial charge in [-0.1, -0.05) is 0 Å². The number of ether oxygens (including phenoxy) is 2. The fraction of sp³-hybridized carbons (Fsp3) is 0.917. The molecular weight excluding hydrogens is 220 g/mol. The van der Waals surface area contributed by atoms with Crippen LogP contribution in [0.2, 0.25) is 0 Å². The molecule has 0 saturated carbocycles. The van der Waals surface area contributed by atoms with Crippen LogP contribution in [0.15, 0.2) is 0 Å². The lowest BCUT2D eigenvalue weighted by Gasteiger charge is -2.49. The van der Waals surface area contributed by atoms with Crippen LogP contribution < -0.4 is 5.32 Å². The van der Waals surface area contributed by atoms with Crippen LogP contribution in [-0.2, 0) is 14.3 Å². The van der Waals surface area contributed by atoms with E-state index in [2.05, 4.69) is 10.2 Å². The van der Waals surface area contributed by atoms with Gasteiger partial charge in [0.1, 0.15) is 5.60 Å². The Bertz CT molecular complexity index is 289. The van der Waals surface area contributed by atoms with E-state index in [0.29, 0.717) is 13.2 Å². The van der Waals surface area contributed by atoms with Crippen molar-refractivity contribution in [2.45, 2.75) is 31.9 Å². The molecule has 0 aromatic heterocycles. The summed E-state index contributed by atoms with van der Waals surface area (Å²) in [6.07, 6.45) is 0. The summed E-state index contributed by atoms with van der Waals surface area (Å²) in [7, 11) is 0. The fourth-order valence-corrected chi connectivity index (χ4v) is 2.19. The topological polar surface area (TPSA) is 50.8 Å². The minimum absolute atomic E-state index is 0.141. The molecule has 2 heterocycles. The molecule has 1 N–H and O–H groups in total. The van der Waals surface area contributed by atoms with Crippen LogP contribution in [0.4, 0.5) is 0 Å². The predicted octanol–water partition coefficient (Wildman–Crippen LogP) is 0.00230. The number of rotatable bonds is 2. The Hall–Kier alpha value is -0.650. The first kappa shape index (κ1) is 12.8. The maximum atomic E-state index is 12.3. The van der Waals surface area contributed by atoms with Crippen molar-refractivity contribution >= 4 is 5.97 Å². The molecule has 2 aliphatic heterocycles. The van der Waals surface area contributed by atoms with Crippen molar-refractivity contribution in [3.63, 3.8) is 0 Å². The lowest BCUT2D eigenvalue weighted by atomic mass is 9.93. The van der Waals surface area contributed by atoms with E-state index >= 15 is 0 Å². The summed E-state index contributed by atoms with van der Waals surface area (Å²) in [6.45, 7) is 10.2. The molecule has 2 saturated heterocycles. The molecule has 2 fully saturated rings. The normalized spacial score (nSPS) is 25.1. The van der Waals surface area contributed by atoms with Crippen molar-refractivity contribution < 1.29 is 14.3 Å². The average molecular weight is 242 g/mol. The summed E-state index contributed by atoms with van der Waals surface area (Å²) in [6, 6.07) is 0. The number of esters is 1. The van der Waals surface area contributed by atoms with E-state index in [1.165, 1.54) is 0 Å². The molecule has 2 aliphatic rings. The first-order valence-electron chi connectivity index (χ1n) is 6.21. The lowest BCUT2D eigenvalue weighted by Crippen LogP contribution is -2.70. The van der Waals surface area contributed by atoms with Crippen LogP contribution in [0.5, 0.6) is 0 Å². The molecule has 17 heavy (non-hydrogen) atoms. The van der Waals surface area contributed by atoms with E-state index in [9.17, 15) is 4.79 Å². The van der Waals surface area contributed by atoms with Gasteiger partial charge in [0.15, 0.2) is 5.54 Å². The summed E-state index contributed by atoms with van der Waals surface area (Å²) < 4.78 is 10.8. The Morgan fingerprint density at radius 3 is 2.29 bits per heavy atom. The number of nitrogens with zero attached hydrogens (tertiary/aromatic N) is 1. The Balaban J connectivity index is 2.05. The number of nitrogens with one attached hydrogen (secondary N) is 1. The van der Waals surface area contributed by atoms with E-state index < -0.39 is 11.1 Å². The van der Waals surface area contributed by atoms with Crippen LogP contribution in [0, 0.1) is 0 Å². The second-order valence-corrected chi connectivity index (χ2v) is 5.76. The second-order valence-electron chi connectivity index (χ2n) is 5.76. The zero-order valence-corrected chi connectivity index (χ0v) is 10.9. The summed E-state index contributed by atoms with van der Waals surface area (Å²) in [5.41, 5.74) is -0.969. The molecule has 5 heteroatoms. The fourth-order valence-electron chi connectivity index (χ4n) is 2.19. The third kappa shape index (κ3) is 2.61. The van der Waals surface area contributed by atoms with Crippen molar-refractivity contribution in [1.82, 2.24) is 10.2 Å². The number of piperazine rings is 1. The zero-order chi connectivity index (χ0) is 12.5. The van der Waals surface area contributed by atoms with Gasteiger partial charge in [0.05, 0.1) is 13.2 Å². The highest BCUT2D eigenvalue weighted by Crippen LogP contribution is 2.29. The number of carbonyl (C=O) groups is 1. The molecule has 0 aliphatic carbocycles. The third-order valence-electron chi connectivity index (χ3n) is 3.18. The Labute approximate surface area is 102 Å². The van der Waals surface area contributed by atoms with Crippen molar-refractivity contribution in [2.75, 3.05) is 39.4 Å². The third-order valence-corrected chi connectivity index (χ3v) is 3.18. The van der Waals surface area contributed by atoms with Gasteiger partial charge in [-0.2, -0.15) is 0 Å². The molecule has 0 aromatic rings. The van der Waals surface area contributed by atoms with Crippen molar-refractivity contribution in [3.05, 3.63) is 0 Å². The zero-order valence-electron chi connectivity index (χ0n) is 10.9. The van der Waals surface area contributed by atoms with Gasteiger partial charge in [-0.05, 0) is 20.8 Å². The van der Waals surface area contributed by atoms with Gasteiger partial charge in [0.25, 0.3) is 0 Å². The van der Waals surface area contributed by atoms with Gasteiger partial charge >= 0.3 is 5.97 Å². The molecular formula is C12H22N2O3. The van der Waals surface area contributed by atoms with Gasteiger partial charge in [-0.15, -0.1) is 0 Å². The highest BCUT2D eigenvalue weighted by atomic mass is 16.6. The van der Waals surface area contributed by atoms with Crippen LogP contribution in [-0.4, -0.2) is 61.4 Å². The van der Waals surface area contributed by atoms with Crippen LogP contribution >= 0.6 is 0 Å². The van der Waals surface area contributed by atoms with E-state index in [1.807, 2.05) is 20.8 Å². The van der Waals surface area contributed by atoms with Crippen molar-refractivity contribution in [3.8, 4) is 0 Å². The number of hydrogen-bond donors (Lipinski definition) is 1.